The predicted molar refractivity (Wildman–Crippen MR) is 68.1 cm³/mol. The highest BCUT2D eigenvalue weighted by molar-refractivity contribution is 5.81. The molecule has 0 unspecified atom stereocenters. The lowest BCUT2D eigenvalue weighted by Crippen LogP contribution is -2.59. The Morgan fingerprint density at radius 1 is 1.56 bits per heavy atom. The average Bonchev–Trinajstić information content (AvgIpc) is 2.43. The topological polar surface area (TPSA) is 90.3 Å². The number of azide groups is 1. The van der Waals surface area contributed by atoms with Crippen LogP contribution in [-0.2, 0) is 9.53 Å². The highest BCUT2D eigenvalue weighted by Gasteiger charge is 2.41. The first-order valence-electron chi connectivity index (χ1n) is 6.25. The van der Waals surface area contributed by atoms with E-state index in [9.17, 15) is 4.79 Å². The van der Waals surface area contributed by atoms with Crippen LogP contribution in [0, 0.1) is 0 Å². The third-order valence-corrected chi connectivity index (χ3v) is 3.47. The highest BCUT2D eigenvalue weighted by atomic mass is 16.5. The van der Waals surface area contributed by atoms with Crippen molar-refractivity contribution in [1.82, 2.24) is 10.2 Å². The van der Waals surface area contributed by atoms with E-state index < -0.39 is 5.54 Å². The molecule has 0 spiro atoms. The minimum atomic E-state index is -0.620. The molecule has 1 N–H and O–H groups in total. The molecule has 7 heteroatoms. The first kappa shape index (κ1) is 14.8. The Kier molecular flexibility index (Phi) is 5.91. The van der Waals surface area contributed by atoms with Crippen molar-refractivity contribution < 1.29 is 9.53 Å². The van der Waals surface area contributed by atoms with Crippen molar-refractivity contribution in [2.24, 2.45) is 5.11 Å². The molecule has 1 heterocycles. The van der Waals surface area contributed by atoms with Crippen LogP contribution in [0.15, 0.2) is 5.11 Å². The number of likely N-dealkylation sites (tertiary alicyclic amines) is 1. The summed E-state index contributed by atoms with van der Waals surface area (Å²) in [5, 5.41) is 6.66. The van der Waals surface area contributed by atoms with Gasteiger partial charge in [-0.3, -0.25) is 4.79 Å². The molecule has 1 aliphatic heterocycles. The molecule has 0 bridgehead atoms. The van der Waals surface area contributed by atoms with Crippen molar-refractivity contribution in [2.45, 2.75) is 25.3 Å². The summed E-state index contributed by atoms with van der Waals surface area (Å²) in [5.74, 6) is -0.223. The van der Waals surface area contributed by atoms with Gasteiger partial charge in [0.2, 0.25) is 0 Å². The number of carbonyl (C=O) groups is 1. The molecule has 0 amide bonds. The van der Waals surface area contributed by atoms with Gasteiger partial charge in [-0.05, 0) is 24.9 Å². The van der Waals surface area contributed by atoms with Gasteiger partial charge in [-0.15, -0.1) is 0 Å². The molecule has 0 aromatic heterocycles. The Labute approximate surface area is 107 Å². The fourth-order valence-corrected chi connectivity index (χ4v) is 2.29. The molecule has 0 aromatic rings. The van der Waals surface area contributed by atoms with Crippen LogP contribution in [0.3, 0.4) is 0 Å². The Morgan fingerprint density at radius 3 is 2.72 bits per heavy atom. The van der Waals surface area contributed by atoms with Crippen LogP contribution in [0.1, 0.15) is 19.8 Å². The number of esters is 1. The lowest BCUT2D eigenvalue weighted by molar-refractivity contribution is -0.150. The summed E-state index contributed by atoms with van der Waals surface area (Å²) in [7, 11) is 1.41. The summed E-state index contributed by atoms with van der Waals surface area (Å²) in [6.07, 6.45) is 1.45. The smallest absolute Gasteiger partial charge is 0.326 e. The van der Waals surface area contributed by atoms with Crippen molar-refractivity contribution in [2.75, 3.05) is 39.8 Å². The van der Waals surface area contributed by atoms with Crippen molar-refractivity contribution >= 4 is 5.97 Å². The summed E-state index contributed by atoms with van der Waals surface area (Å²) in [6.45, 7) is 5.69. The normalized spacial score (nSPS) is 19.0. The van der Waals surface area contributed by atoms with Crippen LogP contribution in [-0.4, -0.2) is 56.2 Å². The van der Waals surface area contributed by atoms with Gasteiger partial charge in [0.15, 0.2) is 0 Å². The van der Waals surface area contributed by atoms with Gasteiger partial charge in [-0.2, -0.15) is 0 Å². The molecule has 1 fully saturated rings. The second-order valence-corrected chi connectivity index (χ2v) is 4.39. The van der Waals surface area contributed by atoms with Crippen LogP contribution in [0.2, 0.25) is 0 Å². The Balaban J connectivity index is 2.60. The lowest BCUT2D eigenvalue weighted by atomic mass is 9.87. The van der Waals surface area contributed by atoms with Gasteiger partial charge >= 0.3 is 5.97 Å². The molecular weight excluding hydrogens is 234 g/mol. The zero-order valence-electron chi connectivity index (χ0n) is 11.1. The second-order valence-electron chi connectivity index (χ2n) is 4.39. The van der Waals surface area contributed by atoms with E-state index in [0.717, 1.165) is 32.5 Å². The summed E-state index contributed by atoms with van der Waals surface area (Å²) in [6, 6.07) is 0. The third-order valence-electron chi connectivity index (χ3n) is 3.47. The molecule has 1 rings (SSSR count). The van der Waals surface area contributed by atoms with E-state index in [0.29, 0.717) is 13.1 Å². The Hall–Kier alpha value is -1.30. The van der Waals surface area contributed by atoms with E-state index in [1.54, 1.807) is 0 Å². The molecule has 0 aliphatic carbocycles. The molecule has 18 heavy (non-hydrogen) atoms. The van der Waals surface area contributed by atoms with Crippen LogP contribution in [0.4, 0.5) is 0 Å². The standard InChI is InChI=1S/C11H21N5O2/c1-3-16-8-4-11(5-9-16,10(17)18-2)13-6-7-14-15-12/h13H,3-9H2,1-2H3. The molecule has 0 radical (unpaired) electrons. The number of hydrogen-bond acceptors (Lipinski definition) is 5. The minimum Gasteiger partial charge on any atom is -0.468 e. The van der Waals surface area contributed by atoms with Gasteiger partial charge in [0, 0.05) is 31.1 Å². The zero-order valence-corrected chi connectivity index (χ0v) is 11.1. The van der Waals surface area contributed by atoms with E-state index >= 15 is 0 Å². The molecule has 1 aliphatic rings. The number of methoxy groups -OCH3 is 1. The van der Waals surface area contributed by atoms with Crippen molar-refractivity contribution in [3.8, 4) is 0 Å². The Morgan fingerprint density at radius 2 is 2.22 bits per heavy atom. The monoisotopic (exact) mass is 255 g/mol. The van der Waals surface area contributed by atoms with E-state index in [1.165, 1.54) is 7.11 Å². The van der Waals surface area contributed by atoms with Crippen molar-refractivity contribution in [3.63, 3.8) is 0 Å². The summed E-state index contributed by atoms with van der Waals surface area (Å²) < 4.78 is 4.90. The predicted octanol–water partition coefficient (Wildman–Crippen LogP) is 0.914. The molecule has 0 atom stereocenters. The maximum absolute atomic E-state index is 11.9. The third kappa shape index (κ3) is 3.60. The minimum absolute atomic E-state index is 0.223. The first-order valence-corrected chi connectivity index (χ1v) is 6.25. The summed E-state index contributed by atoms with van der Waals surface area (Å²) >= 11 is 0. The highest BCUT2D eigenvalue weighted by Crippen LogP contribution is 2.23. The molecule has 1 saturated heterocycles. The number of hydrogen-bond donors (Lipinski definition) is 1. The lowest BCUT2D eigenvalue weighted by Gasteiger charge is -2.39. The molecule has 0 aromatic carbocycles. The fourth-order valence-electron chi connectivity index (χ4n) is 2.29. The van der Waals surface area contributed by atoms with E-state index in [2.05, 4.69) is 27.2 Å². The van der Waals surface area contributed by atoms with Gasteiger partial charge < -0.3 is 15.0 Å². The summed E-state index contributed by atoms with van der Waals surface area (Å²) in [4.78, 5) is 16.9. The number of nitrogens with one attached hydrogen (secondary N) is 1. The number of nitrogens with zero attached hydrogens (tertiary/aromatic N) is 4. The van der Waals surface area contributed by atoms with E-state index in [4.69, 9.17) is 10.3 Å². The number of piperidine rings is 1. The maximum atomic E-state index is 11.9. The van der Waals surface area contributed by atoms with Gasteiger partial charge in [0.1, 0.15) is 5.54 Å². The van der Waals surface area contributed by atoms with Gasteiger partial charge in [0.25, 0.3) is 0 Å². The molecule has 102 valence electrons. The molecule has 7 nitrogen and oxygen atoms in total. The molecular formula is C11H21N5O2. The Bertz CT molecular complexity index is 319. The van der Waals surface area contributed by atoms with Crippen LogP contribution < -0.4 is 5.32 Å². The maximum Gasteiger partial charge on any atom is 0.326 e. The van der Waals surface area contributed by atoms with Crippen LogP contribution in [0.5, 0.6) is 0 Å². The number of carbonyl (C=O) groups excluding carboxylic acids is 1. The van der Waals surface area contributed by atoms with Gasteiger partial charge in [0.05, 0.1) is 7.11 Å². The van der Waals surface area contributed by atoms with Crippen LogP contribution in [0.25, 0.3) is 10.4 Å². The zero-order chi connectivity index (χ0) is 13.4. The van der Waals surface area contributed by atoms with Gasteiger partial charge in [-0.1, -0.05) is 12.0 Å². The average molecular weight is 255 g/mol. The second kappa shape index (κ2) is 7.20. The van der Waals surface area contributed by atoms with E-state index in [-0.39, 0.29) is 5.97 Å². The van der Waals surface area contributed by atoms with Gasteiger partial charge in [-0.25, -0.2) is 0 Å². The summed E-state index contributed by atoms with van der Waals surface area (Å²) in [5.41, 5.74) is 7.60. The van der Waals surface area contributed by atoms with Crippen molar-refractivity contribution in [3.05, 3.63) is 10.4 Å². The number of rotatable bonds is 6. The quantitative estimate of drug-likeness (QED) is 0.251. The fraction of sp³-hybridized carbons (Fsp3) is 0.909. The first-order chi connectivity index (χ1) is 8.68. The molecule has 0 saturated carbocycles. The van der Waals surface area contributed by atoms with Crippen molar-refractivity contribution in [1.29, 1.82) is 0 Å². The van der Waals surface area contributed by atoms with E-state index in [1.807, 2.05) is 0 Å². The largest absolute Gasteiger partial charge is 0.468 e. The number of ether oxygens (including phenoxy) is 1. The van der Waals surface area contributed by atoms with Crippen LogP contribution >= 0.6 is 0 Å². The SMILES string of the molecule is CCN1CCC(NCCN=[N+]=[N-])(C(=O)OC)CC1.